The van der Waals surface area contributed by atoms with Gasteiger partial charge in [-0.3, -0.25) is 4.94 Å². The van der Waals surface area contributed by atoms with E-state index in [2.05, 4.69) is 4.94 Å². The summed E-state index contributed by atoms with van der Waals surface area (Å²) < 4.78 is 16.3. The minimum Gasteiger partial charge on any atom is -0.428 e. The third-order valence-corrected chi connectivity index (χ3v) is 1.49. The van der Waals surface area contributed by atoms with E-state index in [-0.39, 0.29) is 5.75 Å². The Labute approximate surface area is 71.5 Å². The lowest BCUT2D eigenvalue weighted by atomic mass is 10.3. The van der Waals surface area contributed by atoms with Crippen LogP contribution in [0.3, 0.4) is 0 Å². The van der Waals surface area contributed by atoms with Gasteiger partial charge in [-0.1, -0.05) is 6.07 Å². The van der Waals surface area contributed by atoms with Crippen molar-refractivity contribution in [3.63, 3.8) is 0 Å². The minimum atomic E-state index is 0.147. The SMILES string of the molecule is FOc1cccc(OI)c1. The summed E-state index contributed by atoms with van der Waals surface area (Å²) in [6.45, 7) is 0. The summed E-state index contributed by atoms with van der Waals surface area (Å²) in [4.78, 5) is 3.47. The summed E-state index contributed by atoms with van der Waals surface area (Å²) >= 11 is 1.71. The zero-order valence-electron chi connectivity index (χ0n) is 4.88. The van der Waals surface area contributed by atoms with Crippen LogP contribution in [0.25, 0.3) is 0 Å². The van der Waals surface area contributed by atoms with E-state index in [0.717, 1.165) is 0 Å². The van der Waals surface area contributed by atoms with Crippen LogP contribution in [-0.4, -0.2) is 0 Å². The maximum Gasteiger partial charge on any atom is 0.192 e. The maximum atomic E-state index is 11.5. The van der Waals surface area contributed by atoms with E-state index < -0.39 is 0 Å². The first-order chi connectivity index (χ1) is 4.86. The molecule has 4 heteroatoms. The highest BCUT2D eigenvalue weighted by Crippen LogP contribution is 2.20. The molecule has 0 N–H and O–H groups in total. The quantitative estimate of drug-likeness (QED) is 0.755. The van der Waals surface area contributed by atoms with E-state index in [9.17, 15) is 4.53 Å². The molecule has 0 aromatic heterocycles. The van der Waals surface area contributed by atoms with E-state index in [0.29, 0.717) is 5.75 Å². The van der Waals surface area contributed by atoms with Crippen molar-refractivity contribution < 1.29 is 12.5 Å². The molecule has 0 atom stereocenters. The lowest BCUT2D eigenvalue weighted by Crippen LogP contribution is -1.77. The fourth-order valence-electron chi connectivity index (χ4n) is 0.570. The number of rotatable bonds is 2. The second kappa shape index (κ2) is 3.60. The Kier molecular flexibility index (Phi) is 2.73. The molecule has 54 valence electrons. The van der Waals surface area contributed by atoms with Crippen molar-refractivity contribution in [2.45, 2.75) is 0 Å². The van der Waals surface area contributed by atoms with Crippen LogP contribution >= 0.6 is 23.0 Å². The van der Waals surface area contributed by atoms with Crippen LogP contribution in [0.15, 0.2) is 24.3 Å². The molecule has 0 heterocycles. The number of hydrogen-bond acceptors (Lipinski definition) is 2. The molecule has 0 unspecified atom stereocenters. The molecule has 0 radical (unpaired) electrons. The van der Waals surface area contributed by atoms with E-state index >= 15 is 0 Å². The predicted molar refractivity (Wildman–Crippen MR) is 42.8 cm³/mol. The summed E-state index contributed by atoms with van der Waals surface area (Å²) in [5, 5.41) is 0. The monoisotopic (exact) mass is 254 g/mol. The van der Waals surface area contributed by atoms with Gasteiger partial charge >= 0.3 is 0 Å². The molecule has 0 bridgehead atoms. The second-order valence-corrected chi connectivity index (χ2v) is 2.07. The zero-order chi connectivity index (χ0) is 7.40. The van der Waals surface area contributed by atoms with Crippen molar-refractivity contribution in [3.05, 3.63) is 24.3 Å². The van der Waals surface area contributed by atoms with Crippen LogP contribution in [-0.2, 0) is 0 Å². The molecule has 1 aromatic carbocycles. The average molecular weight is 254 g/mol. The molecule has 0 aliphatic rings. The molecule has 0 aliphatic heterocycles. The maximum absolute atomic E-state index is 11.5. The minimum absolute atomic E-state index is 0.147. The number of hydrogen-bond donors (Lipinski definition) is 0. The van der Waals surface area contributed by atoms with Gasteiger partial charge in [-0.2, -0.15) is 0 Å². The van der Waals surface area contributed by atoms with Gasteiger partial charge in [0.1, 0.15) is 5.75 Å². The first kappa shape index (κ1) is 7.59. The topological polar surface area (TPSA) is 18.5 Å². The smallest absolute Gasteiger partial charge is 0.192 e. The molecule has 0 spiro atoms. The zero-order valence-corrected chi connectivity index (χ0v) is 7.04. The van der Waals surface area contributed by atoms with Gasteiger partial charge in [-0.25, -0.2) is 0 Å². The third kappa shape index (κ3) is 1.73. The summed E-state index contributed by atoms with van der Waals surface area (Å²) in [7, 11) is 0. The number of benzene rings is 1. The van der Waals surface area contributed by atoms with Gasteiger partial charge in [0.25, 0.3) is 0 Å². The van der Waals surface area contributed by atoms with Crippen LogP contribution < -0.4 is 8.01 Å². The summed E-state index contributed by atoms with van der Waals surface area (Å²) in [6.07, 6.45) is 0. The molecule has 1 aromatic rings. The molecule has 0 aliphatic carbocycles. The lowest BCUT2D eigenvalue weighted by molar-refractivity contribution is -0.00630. The van der Waals surface area contributed by atoms with Gasteiger partial charge in [0.05, 0.1) is 0 Å². The molecule has 1 rings (SSSR count). The van der Waals surface area contributed by atoms with Gasteiger partial charge in [-0.05, 0) is 12.1 Å². The van der Waals surface area contributed by atoms with E-state index in [4.69, 9.17) is 3.07 Å². The molecule has 10 heavy (non-hydrogen) atoms. The molecule has 0 amide bonds. The largest absolute Gasteiger partial charge is 0.428 e. The van der Waals surface area contributed by atoms with Gasteiger partial charge in [0, 0.05) is 10.6 Å². The second-order valence-electron chi connectivity index (χ2n) is 1.63. The highest BCUT2D eigenvalue weighted by Gasteiger charge is 1.95. The normalized spacial score (nSPS) is 9.00. The van der Waals surface area contributed by atoms with E-state index in [1.54, 1.807) is 35.1 Å². The fourth-order valence-corrected chi connectivity index (χ4v) is 0.844. The first-order valence-corrected chi connectivity index (χ1v) is 3.42. The Morgan fingerprint density at radius 2 is 2.00 bits per heavy atom. The summed E-state index contributed by atoms with van der Waals surface area (Å²) in [5.41, 5.74) is 0. The highest BCUT2D eigenvalue weighted by molar-refractivity contribution is 14.1. The van der Waals surface area contributed by atoms with Crippen LogP contribution in [0.5, 0.6) is 11.5 Å². The Hall–Kier alpha value is -0.520. The Morgan fingerprint density at radius 3 is 2.60 bits per heavy atom. The van der Waals surface area contributed by atoms with Crippen molar-refractivity contribution in [2.75, 3.05) is 0 Å². The van der Waals surface area contributed by atoms with Gasteiger partial charge in [0.2, 0.25) is 0 Å². The predicted octanol–water partition coefficient (Wildman–Crippen LogP) is 2.68. The molecule has 0 saturated heterocycles. The third-order valence-electron chi connectivity index (χ3n) is 0.984. The summed E-state index contributed by atoms with van der Waals surface area (Å²) in [6, 6.07) is 6.30. The van der Waals surface area contributed by atoms with Crippen LogP contribution in [0.1, 0.15) is 0 Å². The van der Waals surface area contributed by atoms with Gasteiger partial charge < -0.3 is 3.07 Å². The molecular weight excluding hydrogens is 250 g/mol. The molecular formula is C6H4FIO2. The molecule has 0 saturated carbocycles. The Balaban J connectivity index is 2.87. The van der Waals surface area contributed by atoms with E-state index in [1.807, 2.05) is 0 Å². The Morgan fingerprint density at radius 1 is 1.30 bits per heavy atom. The van der Waals surface area contributed by atoms with E-state index in [1.165, 1.54) is 12.1 Å². The van der Waals surface area contributed by atoms with Crippen molar-refractivity contribution in [1.29, 1.82) is 0 Å². The van der Waals surface area contributed by atoms with Crippen molar-refractivity contribution in [1.82, 2.24) is 0 Å². The average Bonchev–Trinajstić information content (AvgIpc) is 2.05. The summed E-state index contributed by atoms with van der Waals surface area (Å²) in [5.74, 6) is 0.713. The number of halogens is 2. The van der Waals surface area contributed by atoms with Gasteiger partial charge in [0.15, 0.2) is 28.8 Å². The fraction of sp³-hybridized carbons (Fsp3) is 0. The van der Waals surface area contributed by atoms with Crippen LogP contribution in [0.4, 0.5) is 4.53 Å². The Bertz CT molecular complexity index is 197. The standard InChI is InChI=1S/C6H4FIO2/c7-9-5-2-1-3-6(4-5)10-8/h1-4H. The lowest BCUT2D eigenvalue weighted by Gasteiger charge is -1.96. The van der Waals surface area contributed by atoms with Crippen LogP contribution in [0.2, 0.25) is 0 Å². The van der Waals surface area contributed by atoms with Crippen molar-refractivity contribution in [2.24, 2.45) is 0 Å². The van der Waals surface area contributed by atoms with Crippen LogP contribution in [0, 0.1) is 0 Å². The van der Waals surface area contributed by atoms with Crippen molar-refractivity contribution in [3.8, 4) is 11.5 Å². The molecule has 2 nitrogen and oxygen atoms in total. The highest BCUT2D eigenvalue weighted by atomic mass is 127. The van der Waals surface area contributed by atoms with Crippen molar-refractivity contribution >= 4 is 23.0 Å². The first-order valence-electron chi connectivity index (χ1n) is 2.54. The van der Waals surface area contributed by atoms with Gasteiger partial charge in [-0.15, -0.1) is 0 Å². The molecule has 0 fully saturated rings.